The predicted octanol–water partition coefficient (Wildman–Crippen LogP) is 2.85. The molecule has 1 aromatic carbocycles. The van der Waals surface area contributed by atoms with Crippen LogP contribution in [0, 0.1) is 6.92 Å². The molecule has 6 heteroatoms. The molecule has 0 bridgehead atoms. The third-order valence-electron chi connectivity index (χ3n) is 3.23. The predicted molar refractivity (Wildman–Crippen MR) is 83.5 cm³/mol. The number of thiophene rings is 1. The SMILES string of the molecule is Cc1nccn1CCOC(=O)c1cc2cc(N)ccc2s1. The second-order valence-corrected chi connectivity index (χ2v) is 5.80. The Morgan fingerprint density at radius 3 is 3.05 bits per heavy atom. The molecule has 3 rings (SSSR count). The first-order valence-corrected chi connectivity index (χ1v) is 7.39. The Morgan fingerprint density at radius 1 is 1.43 bits per heavy atom. The van der Waals surface area contributed by atoms with E-state index >= 15 is 0 Å². The van der Waals surface area contributed by atoms with Gasteiger partial charge in [-0.1, -0.05) is 0 Å². The number of anilines is 1. The lowest BCUT2D eigenvalue weighted by Gasteiger charge is -2.05. The Bertz CT molecular complexity index is 791. The number of carbonyl (C=O) groups excluding carboxylic acids is 1. The number of ether oxygens (including phenoxy) is 1. The molecule has 3 aromatic rings. The summed E-state index contributed by atoms with van der Waals surface area (Å²) in [4.78, 5) is 16.8. The number of esters is 1. The summed E-state index contributed by atoms with van der Waals surface area (Å²) in [6, 6.07) is 7.43. The zero-order chi connectivity index (χ0) is 14.8. The monoisotopic (exact) mass is 301 g/mol. The minimum absolute atomic E-state index is 0.299. The molecule has 2 heterocycles. The highest BCUT2D eigenvalue weighted by molar-refractivity contribution is 7.20. The Kier molecular flexibility index (Phi) is 3.62. The van der Waals surface area contributed by atoms with E-state index in [0.717, 1.165) is 15.9 Å². The number of hydrogen-bond acceptors (Lipinski definition) is 5. The summed E-state index contributed by atoms with van der Waals surface area (Å²) in [5, 5.41) is 0.970. The van der Waals surface area contributed by atoms with Crippen molar-refractivity contribution in [1.29, 1.82) is 0 Å². The van der Waals surface area contributed by atoms with Crippen molar-refractivity contribution in [3.05, 3.63) is 47.4 Å². The van der Waals surface area contributed by atoms with Gasteiger partial charge in [-0.2, -0.15) is 0 Å². The van der Waals surface area contributed by atoms with Crippen LogP contribution in [0.25, 0.3) is 10.1 Å². The maximum Gasteiger partial charge on any atom is 0.348 e. The Labute approximate surface area is 126 Å². The summed E-state index contributed by atoms with van der Waals surface area (Å²) < 4.78 is 8.28. The van der Waals surface area contributed by atoms with Crippen molar-refractivity contribution in [3.63, 3.8) is 0 Å². The van der Waals surface area contributed by atoms with Gasteiger partial charge in [-0.25, -0.2) is 9.78 Å². The first kappa shape index (κ1) is 13.6. The third kappa shape index (κ3) is 2.90. The lowest BCUT2D eigenvalue weighted by Crippen LogP contribution is -2.11. The average molecular weight is 301 g/mol. The number of rotatable bonds is 4. The minimum atomic E-state index is -0.299. The van der Waals surface area contributed by atoms with E-state index in [-0.39, 0.29) is 5.97 Å². The molecule has 0 atom stereocenters. The van der Waals surface area contributed by atoms with Crippen LogP contribution in [-0.4, -0.2) is 22.1 Å². The van der Waals surface area contributed by atoms with Crippen LogP contribution < -0.4 is 5.73 Å². The summed E-state index contributed by atoms with van der Waals surface area (Å²) in [5.74, 6) is 0.607. The standard InChI is InChI=1S/C15H15N3O2S/c1-10-17-4-5-18(10)6-7-20-15(19)14-9-11-8-12(16)2-3-13(11)21-14/h2-5,8-9H,6-7,16H2,1H3. The van der Waals surface area contributed by atoms with Gasteiger partial charge in [-0.05, 0) is 36.6 Å². The highest BCUT2D eigenvalue weighted by Gasteiger charge is 2.12. The zero-order valence-electron chi connectivity index (χ0n) is 11.6. The number of hydrogen-bond donors (Lipinski definition) is 1. The van der Waals surface area contributed by atoms with Crippen LogP contribution in [0.4, 0.5) is 5.69 Å². The van der Waals surface area contributed by atoms with Gasteiger partial charge in [0, 0.05) is 22.8 Å². The van der Waals surface area contributed by atoms with E-state index in [4.69, 9.17) is 10.5 Å². The van der Waals surface area contributed by atoms with Crippen LogP contribution in [0.5, 0.6) is 0 Å². The topological polar surface area (TPSA) is 70.1 Å². The van der Waals surface area contributed by atoms with Gasteiger partial charge in [0.25, 0.3) is 0 Å². The van der Waals surface area contributed by atoms with Crippen LogP contribution in [0.15, 0.2) is 36.7 Å². The van der Waals surface area contributed by atoms with E-state index in [0.29, 0.717) is 23.7 Å². The highest BCUT2D eigenvalue weighted by atomic mass is 32.1. The van der Waals surface area contributed by atoms with Crippen molar-refractivity contribution >= 4 is 33.1 Å². The number of imidazole rings is 1. The molecule has 0 spiro atoms. The molecule has 21 heavy (non-hydrogen) atoms. The molecule has 108 valence electrons. The third-order valence-corrected chi connectivity index (χ3v) is 4.33. The molecule has 2 N–H and O–H groups in total. The largest absolute Gasteiger partial charge is 0.460 e. The van der Waals surface area contributed by atoms with Gasteiger partial charge in [0.15, 0.2) is 0 Å². The fourth-order valence-corrected chi connectivity index (χ4v) is 3.05. The normalized spacial score (nSPS) is 10.9. The fraction of sp³-hybridized carbons (Fsp3) is 0.200. The number of carbonyl (C=O) groups is 1. The van der Waals surface area contributed by atoms with Gasteiger partial charge in [0.05, 0.1) is 6.54 Å². The van der Waals surface area contributed by atoms with Crippen molar-refractivity contribution in [2.24, 2.45) is 0 Å². The second kappa shape index (κ2) is 5.57. The second-order valence-electron chi connectivity index (χ2n) is 4.71. The van der Waals surface area contributed by atoms with E-state index < -0.39 is 0 Å². The summed E-state index contributed by atoms with van der Waals surface area (Å²) in [6.07, 6.45) is 3.60. The van der Waals surface area contributed by atoms with Gasteiger partial charge in [0.1, 0.15) is 17.3 Å². The number of nitrogen functional groups attached to an aromatic ring is 1. The van der Waals surface area contributed by atoms with Crippen LogP contribution in [-0.2, 0) is 11.3 Å². The Balaban J connectivity index is 1.65. The first-order valence-electron chi connectivity index (χ1n) is 6.57. The van der Waals surface area contributed by atoms with E-state index in [1.807, 2.05) is 42.0 Å². The number of aromatic nitrogens is 2. The minimum Gasteiger partial charge on any atom is -0.460 e. The van der Waals surface area contributed by atoms with Gasteiger partial charge < -0.3 is 15.0 Å². The quantitative estimate of drug-likeness (QED) is 0.594. The molecule has 0 saturated heterocycles. The average Bonchev–Trinajstić information content (AvgIpc) is 3.05. The van der Waals surface area contributed by atoms with Crippen LogP contribution >= 0.6 is 11.3 Å². The van der Waals surface area contributed by atoms with E-state index in [1.165, 1.54) is 11.3 Å². The maximum atomic E-state index is 12.0. The lowest BCUT2D eigenvalue weighted by atomic mass is 10.2. The van der Waals surface area contributed by atoms with Crippen molar-refractivity contribution in [3.8, 4) is 0 Å². The molecule has 5 nitrogen and oxygen atoms in total. The maximum absolute atomic E-state index is 12.0. The van der Waals surface area contributed by atoms with Gasteiger partial charge in [0.2, 0.25) is 0 Å². The molecule has 0 unspecified atom stereocenters. The van der Waals surface area contributed by atoms with E-state index in [1.54, 1.807) is 6.20 Å². The molecular weight excluding hydrogens is 286 g/mol. The molecule has 0 radical (unpaired) electrons. The number of nitrogens with two attached hydrogens (primary N) is 1. The molecular formula is C15H15N3O2S. The number of aryl methyl sites for hydroxylation is 1. The van der Waals surface area contributed by atoms with Crippen LogP contribution in [0.2, 0.25) is 0 Å². The van der Waals surface area contributed by atoms with Crippen LogP contribution in [0.3, 0.4) is 0 Å². The summed E-state index contributed by atoms with van der Waals surface area (Å²) in [7, 11) is 0. The molecule has 0 aliphatic rings. The van der Waals surface area contributed by atoms with Crippen molar-refractivity contribution in [2.75, 3.05) is 12.3 Å². The summed E-state index contributed by atoms with van der Waals surface area (Å²) >= 11 is 1.42. The van der Waals surface area contributed by atoms with Crippen molar-refractivity contribution in [2.45, 2.75) is 13.5 Å². The molecule has 2 aromatic heterocycles. The Morgan fingerprint density at radius 2 is 2.29 bits per heavy atom. The highest BCUT2D eigenvalue weighted by Crippen LogP contribution is 2.27. The van der Waals surface area contributed by atoms with E-state index in [9.17, 15) is 4.79 Å². The van der Waals surface area contributed by atoms with Crippen molar-refractivity contribution in [1.82, 2.24) is 9.55 Å². The smallest absolute Gasteiger partial charge is 0.348 e. The molecule has 0 aliphatic carbocycles. The van der Waals surface area contributed by atoms with Gasteiger partial charge in [-0.15, -0.1) is 11.3 Å². The lowest BCUT2D eigenvalue weighted by molar-refractivity contribution is 0.0496. The van der Waals surface area contributed by atoms with Gasteiger partial charge >= 0.3 is 5.97 Å². The fourth-order valence-electron chi connectivity index (χ4n) is 2.11. The number of fused-ring (bicyclic) bond motifs is 1. The molecule has 0 amide bonds. The number of benzene rings is 1. The van der Waals surface area contributed by atoms with Crippen molar-refractivity contribution < 1.29 is 9.53 Å². The molecule has 0 aliphatic heterocycles. The first-order chi connectivity index (χ1) is 10.1. The van der Waals surface area contributed by atoms with E-state index in [2.05, 4.69) is 4.98 Å². The Hall–Kier alpha value is -2.34. The summed E-state index contributed by atoms with van der Waals surface area (Å²) in [6.45, 7) is 2.85. The van der Waals surface area contributed by atoms with Gasteiger partial charge in [-0.3, -0.25) is 0 Å². The summed E-state index contributed by atoms with van der Waals surface area (Å²) in [5.41, 5.74) is 6.43. The number of nitrogens with zero attached hydrogens (tertiary/aromatic N) is 2. The molecule has 0 saturated carbocycles. The molecule has 0 fully saturated rings. The zero-order valence-corrected chi connectivity index (χ0v) is 12.4. The van der Waals surface area contributed by atoms with Crippen LogP contribution in [0.1, 0.15) is 15.5 Å².